The van der Waals surface area contributed by atoms with E-state index in [1.807, 2.05) is 30.3 Å². The van der Waals surface area contributed by atoms with Gasteiger partial charge >= 0.3 is 0 Å². The van der Waals surface area contributed by atoms with Crippen LogP contribution in [0.15, 0.2) is 237 Å². The van der Waals surface area contributed by atoms with Gasteiger partial charge in [-0.15, -0.1) is 0 Å². The molecule has 6 nitrogen and oxygen atoms in total. The number of nitriles is 1. The third-order valence-corrected chi connectivity index (χ3v) is 15.5. The molecule has 0 saturated carbocycles. The topological polar surface area (TPSA) is 47.9 Å². The van der Waals surface area contributed by atoms with Crippen LogP contribution in [0.2, 0.25) is 0 Å². The Morgan fingerprint density at radius 1 is 0.360 bits per heavy atom. The average Bonchev–Trinajstić information content (AvgIpc) is 4.22. The van der Waals surface area contributed by atoms with Gasteiger partial charge in [0.25, 0.3) is 0 Å². The van der Waals surface area contributed by atoms with Crippen LogP contribution in [0.5, 0.6) is 0 Å². The van der Waals surface area contributed by atoms with E-state index >= 15 is 0 Å². The Labute approximate surface area is 431 Å². The number of para-hydroxylation sites is 6. The molecule has 0 fully saturated rings. The number of benzene rings is 11. The summed E-state index contributed by atoms with van der Waals surface area (Å²) < 4.78 is 9.51. The number of nitrogens with zero attached hydrogens (tertiary/aromatic N) is 6. The Morgan fingerprint density at radius 3 is 1.24 bits per heavy atom. The Bertz CT molecular complexity index is 4890. The fraction of sp³-hybridized carbons (Fsp3) is 0.0145. The van der Waals surface area contributed by atoms with Gasteiger partial charge in [-0.25, -0.2) is 4.85 Å². The summed E-state index contributed by atoms with van der Waals surface area (Å²) in [6.07, 6.45) is 0. The Balaban J connectivity index is 1.00. The minimum Gasteiger partial charge on any atom is -0.310 e. The molecule has 0 saturated heterocycles. The largest absolute Gasteiger partial charge is 0.310 e. The molecule has 0 radical (unpaired) electrons. The summed E-state index contributed by atoms with van der Waals surface area (Å²) >= 11 is 0. The highest BCUT2D eigenvalue weighted by molar-refractivity contribution is 6.15. The summed E-state index contributed by atoms with van der Waals surface area (Å²) in [5, 5.41) is 19.3. The number of aromatic nitrogens is 4. The van der Waals surface area contributed by atoms with Crippen molar-refractivity contribution < 1.29 is 0 Å². The van der Waals surface area contributed by atoms with E-state index in [1.165, 1.54) is 21.5 Å². The second-order valence-electron chi connectivity index (χ2n) is 19.5. The van der Waals surface area contributed by atoms with Crippen molar-refractivity contribution in [3.63, 3.8) is 0 Å². The molecule has 11 aromatic carbocycles. The number of fused-ring (bicyclic) bond motifs is 12. The normalized spacial score (nSPS) is 11.8. The van der Waals surface area contributed by atoms with E-state index in [4.69, 9.17) is 6.57 Å². The maximum Gasteiger partial charge on any atom is 0.197 e. The van der Waals surface area contributed by atoms with Crippen LogP contribution < -0.4 is 0 Å². The van der Waals surface area contributed by atoms with Crippen molar-refractivity contribution in [2.75, 3.05) is 0 Å². The third kappa shape index (κ3) is 6.18. The van der Waals surface area contributed by atoms with Crippen molar-refractivity contribution in [3.05, 3.63) is 259 Å². The summed E-state index contributed by atoms with van der Waals surface area (Å²) in [6, 6.07) is 86.6. The SMILES string of the molecule is [C-]#[N+]c1cccc(-n2c3ccccc3c3cc(-n4c5ccccc5c5ccccc54)ccc32)c1-c1cc(-c2ccc(C#N)cc2C)ccc1-n1c2ccccc2c2cc(-n3c4ccccc4c4ccccc43)ccc21. The van der Waals surface area contributed by atoms with Gasteiger partial charge in [0, 0.05) is 65.7 Å². The summed E-state index contributed by atoms with van der Waals surface area (Å²) in [4.78, 5) is 4.35. The summed E-state index contributed by atoms with van der Waals surface area (Å²) in [6.45, 7) is 11.0. The molecule has 15 aromatic rings. The lowest BCUT2D eigenvalue weighted by molar-refractivity contribution is 1.15. The minimum atomic E-state index is 0.546. The van der Waals surface area contributed by atoms with Gasteiger partial charge in [-0.05, 0) is 132 Å². The first-order chi connectivity index (χ1) is 37.1. The zero-order valence-electron chi connectivity index (χ0n) is 40.7. The Kier molecular flexibility index (Phi) is 9.20. The molecule has 0 N–H and O–H groups in total. The summed E-state index contributed by atoms with van der Waals surface area (Å²) in [5.41, 5.74) is 18.8. The highest BCUT2D eigenvalue weighted by Gasteiger charge is 2.25. The molecule has 4 aromatic heterocycles. The van der Waals surface area contributed by atoms with Gasteiger partial charge in [0.05, 0.1) is 68.0 Å². The number of aryl methyl sites for hydroxylation is 1. The summed E-state index contributed by atoms with van der Waals surface area (Å²) in [7, 11) is 0. The third-order valence-electron chi connectivity index (χ3n) is 15.5. The average molecular weight is 955 g/mol. The van der Waals surface area contributed by atoms with Gasteiger partial charge in [0.2, 0.25) is 0 Å². The van der Waals surface area contributed by atoms with Crippen molar-refractivity contribution in [2.24, 2.45) is 0 Å². The smallest absolute Gasteiger partial charge is 0.197 e. The maximum absolute atomic E-state index is 9.89. The molecule has 0 aliphatic carbocycles. The summed E-state index contributed by atoms with van der Waals surface area (Å²) in [5.74, 6) is 0. The Hall–Kier alpha value is -10.4. The van der Waals surface area contributed by atoms with E-state index in [1.54, 1.807) is 0 Å². The zero-order valence-corrected chi connectivity index (χ0v) is 40.7. The van der Waals surface area contributed by atoms with Crippen LogP contribution in [0.3, 0.4) is 0 Å². The molecule has 0 amide bonds. The molecule has 0 bridgehead atoms. The molecule has 4 heterocycles. The van der Waals surface area contributed by atoms with Gasteiger partial charge in [-0.3, -0.25) is 0 Å². The molecule has 6 heteroatoms. The second kappa shape index (κ2) is 16.3. The Morgan fingerprint density at radius 2 is 0.787 bits per heavy atom. The van der Waals surface area contributed by atoms with Gasteiger partial charge in [-0.1, -0.05) is 133 Å². The van der Waals surface area contributed by atoms with Crippen LogP contribution in [0.1, 0.15) is 11.1 Å². The van der Waals surface area contributed by atoms with Gasteiger partial charge in [-0.2, -0.15) is 5.26 Å². The fourth-order valence-corrected chi connectivity index (χ4v) is 12.4. The highest BCUT2D eigenvalue weighted by atomic mass is 15.0. The maximum atomic E-state index is 9.89. The predicted octanol–water partition coefficient (Wildman–Crippen LogP) is 18.1. The lowest BCUT2D eigenvalue weighted by atomic mass is 9.92. The first-order valence-electron chi connectivity index (χ1n) is 25.3. The first-order valence-corrected chi connectivity index (χ1v) is 25.3. The van der Waals surface area contributed by atoms with E-state index in [0.717, 1.165) is 116 Å². The van der Waals surface area contributed by atoms with Crippen molar-refractivity contribution in [2.45, 2.75) is 6.92 Å². The van der Waals surface area contributed by atoms with Crippen molar-refractivity contribution in [3.8, 4) is 51.1 Å². The van der Waals surface area contributed by atoms with E-state index in [9.17, 15) is 5.26 Å². The second-order valence-corrected chi connectivity index (χ2v) is 19.5. The van der Waals surface area contributed by atoms with Crippen molar-refractivity contribution in [1.29, 1.82) is 5.26 Å². The van der Waals surface area contributed by atoms with E-state index in [2.05, 4.69) is 242 Å². The number of hydrogen-bond acceptors (Lipinski definition) is 1. The zero-order chi connectivity index (χ0) is 49.9. The van der Waals surface area contributed by atoms with Crippen LogP contribution in [0.4, 0.5) is 5.69 Å². The quantitative estimate of drug-likeness (QED) is 0.153. The van der Waals surface area contributed by atoms with Crippen LogP contribution in [0, 0.1) is 24.8 Å². The highest BCUT2D eigenvalue weighted by Crippen LogP contribution is 2.47. The van der Waals surface area contributed by atoms with Gasteiger partial charge in [0.1, 0.15) is 0 Å². The van der Waals surface area contributed by atoms with Crippen LogP contribution >= 0.6 is 0 Å². The van der Waals surface area contributed by atoms with E-state index in [0.29, 0.717) is 11.3 Å². The standard InChI is InChI=1S/C69H42N6/c1-43-38-44(42-70)30-34-48(43)45-31-35-67(74-63-27-13-7-20-53(63)55-40-46(32-36-65(55)74)72-59-23-9-3-16-49(59)50-17-4-10-24-60(50)72)57(39-45)69-58(71-2)22-15-29-68(69)75-64-28-14-8-21-54(64)56-41-47(33-37-66(56)75)73-61-25-11-5-18-51(61)52-19-6-12-26-62(52)73/h3-41H,1H3. The van der Waals surface area contributed by atoms with E-state index in [-0.39, 0.29) is 0 Å². The van der Waals surface area contributed by atoms with Gasteiger partial charge < -0.3 is 18.3 Å². The van der Waals surface area contributed by atoms with Crippen LogP contribution in [-0.4, -0.2) is 18.3 Å². The molecular formula is C69H42N6. The lowest BCUT2D eigenvalue weighted by Gasteiger charge is -2.21. The molecule has 0 aliphatic heterocycles. The minimum absolute atomic E-state index is 0.546. The lowest BCUT2D eigenvalue weighted by Crippen LogP contribution is -2.02. The molecule has 15 rings (SSSR count). The van der Waals surface area contributed by atoms with E-state index < -0.39 is 0 Å². The number of hydrogen-bond donors (Lipinski definition) is 0. The molecule has 348 valence electrons. The van der Waals surface area contributed by atoms with Crippen LogP contribution in [-0.2, 0) is 0 Å². The van der Waals surface area contributed by atoms with Crippen molar-refractivity contribution >= 4 is 92.9 Å². The molecule has 0 aliphatic rings. The monoisotopic (exact) mass is 954 g/mol. The predicted molar refractivity (Wildman–Crippen MR) is 310 cm³/mol. The number of rotatable bonds is 6. The van der Waals surface area contributed by atoms with Crippen LogP contribution in [0.25, 0.3) is 137 Å². The first kappa shape index (κ1) is 42.3. The molecule has 0 unspecified atom stereocenters. The fourth-order valence-electron chi connectivity index (χ4n) is 12.4. The molecular weight excluding hydrogens is 913 g/mol. The van der Waals surface area contributed by atoms with Gasteiger partial charge in [0.15, 0.2) is 5.69 Å². The molecule has 75 heavy (non-hydrogen) atoms. The molecule has 0 atom stereocenters. The molecule has 0 spiro atoms. The van der Waals surface area contributed by atoms with Crippen molar-refractivity contribution in [1.82, 2.24) is 18.3 Å².